The first-order chi connectivity index (χ1) is 9.40. The molecule has 0 radical (unpaired) electrons. The van der Waals surface area contributed by atoms with Crippen molar-refractivity contribution in [3.63, 3.8) is 0 Å². The minimum atomic E-state index is -0.735. The van der Waals surface area contributed by atoms with Crippen molar-refractivity contribution in [2.75, 3.05) is 12.4 Å². The second kappa shape index (κ2) is 7.00. The van der Waals surface area contributed by atoms with E-state index >= 15 is 0 Å². The Balaban J connectivity index is 2.91. The third kappa shape index (κ3) is 3.77. The van der Waals surface area contributed by atoms with E-state index in [1.54, 1.807) is 0 Å². The number of rotatable bonds is 5. The van der Waals surface area contributed by atoms with Gasteiger partial charge in [-0.1, -0.05) is 20.3 Å². The maximum atomic E-state index is 13.6. The van der Waals surface area contributed by atoms with Gasteiger partial charge < -0.3 is 15.8 Å². The number of nitrogens with two attached hydrogens (primary N) is 1. The number of anilines is 1. The lowest BCUT2D eigenvalue weighted by Gasteiger charge is -2.18. The molecule has 1 aromatic carbocycles. The Labute approximate surface area is 117 Å². The highest BCUT2D eigenvalue weighted by molar-refractivity contribution is 5.97. The topological polar surface area (TPSA) is 81.4 Å². The van der Waals surface area contributed by atoms with Gasteiger partial charge in [-0.3, -0.25) is 4.79 Å². The van der Waals surface area contributed by atoms with E-state index in [0.717, 1.165) is 12.5 Å². The molecule has 0 bridgehead atoms. The molecule has 20 heavy (non-hydrogen) atoms. The quantitative estimate of drug-likeness (QED) is 0.808. The Bertz CT molecular complexity index is 505. The lowest BCUT2D eigenvalue weighted by Crippen LogP contribution is -2.40. The van der Waals surface area contributed by atoms with Crippen LogP contribution in [0.3, 0.4) is 0 Å². The number of carbonyl (C=O) groups excluding carboxylic acids is 2. The van der Waals surface area contributed by atoms with Gasteiger partial charge in [0.05, 0.1) is 24.4 Å². The van der Waals surface area contributed by atoms with Crippen molar-refractivity contribution < 1.29 is 18.7 Å². The van der Waals surface area contributed by atoms with Crippen LogP contribution in [0.2, 0.25) is 0 Å². The van der Waals surface area contributed by atoms with Crippen LogP contribution < -0.4 is 11.1 Å². The highest BCUT2D eigenvalue weighted by atomic mass is 19.1. The summed E-state index contributed by atoms with van der Waals surface area (Å²) in [6.45, 7) is 3.75. The standard InChI is InChI=1S/C14H19FN2O3/c1-4-8(2)12(16)13(18)17-11-7-9(14(19)20-3)5-6-10(11)15/h5-8,12H,4,16H2,1-3H3,(H,17,18)/t8-,12-/m0/s1. The van der Waals surface area contributed by atoms with Gasteiger partial charge in [-0.25, -0.2) is 9.18 Å². The minimum Gasteiger partial charge on any atom is -0.465 e. The van der Waals surface area contributed by atoms with Crippen molar-refractivity contribution in [3.8, 4) is 0 Å². The maximum absolute atomic E-state index is 13.6. The first-order valence-electron chi connectivity index (χ1n) is 6.35. The molecule has 0 saturated heterocycles. The Morgan fingerprint density at radius 2 is 2.10 bits per heavy atom. The van der Waals surface area contributed by atoms with Crippen molar-refractivity contribution in [2.24, 2.45) is 11.7 Å². The summed E-state index contributed by atoms with van der Waals surface area (Å²) < 4.78 is 18.2. The molecule has 6 heteroatoms. The summed E-state index contributed by atoms with van der Waals surface area (Å²) in [5.41, 5.74) is 5.83. The van der Waals surface area contributed by atoms with Crippen LogP contribution in [-0.4, -0.2) is 25.0 Å². The van der Waals surface area contributed by atoms with Gasteiger partial charge in [-0.2, -0.15) is 0 Å². The zero-order valence-electron chi connectivity index (χ0n) is 11.8. The lowest BCUT2D eigenvalue weighted by molar-refractivity contribution is -0.118. The Hall–Kier alpha value is -1.95. The normalized spacial score (nSPS) is 13.4. The number of esters is 1. The summed E-state index contributed by atoms with van der Waals surface area (Å²) in [5, 5.41) is 2.40. The molecular weight excluding hydrogens is 263 g/mol. The van der Waals surface area contributed by atoms with Crippen LogP contribution in [-0.2, 0) is 9.53 Å². The second-order valence-electron chi connectivity index (χ2n) is 4.59. The van der Waals surface area contributed by atoms with E-state index in [1.165, 1.54) is 19.2 Å². The van der Waals surface area contributed by atoms with Crippen molar-refractivity contribution in [2.45, 2.75) is 26.3 Å². The number of hydrogen-bond donors (Lipinski definition) is 2. The smallest absolute Gasteiger partial charge is 0.337 e. The van der Waals surface area contributed by atoms with Crippen molar-refractivity contribution in [1.82, 2.24) is 0 Å². The average Bonchev–Trinajstić information content (AvgIpc) is 2.46. The zero-order valence-corrected chi connectivity index (χ0v) is 11.8. The molecule has 2 atom stereocenters. The third-order valence-electron chi connectivity index (χ3n) is 3.21. The molecule has 0 fully saturated rings. The van der Waals surface area contributed by atoms with Crippen LogP contribution in [0, 0.1) is 11.7 Å². The fourth-order valence-corrected chi connectivity index (χ4v) is 1.59. The molecule has 110 valence electrons. The van der Waals surface area contributed by atoms with E-state index in [-0.39, 0.29) is 17.2 Å². The predicted molar refractivity (Wildman–Crippen MR) is 73.8 cm³/mol. The van der Waals surface area contributed by atoms with E-state index in [1.807, 2.05) is 13.8 Å². The molecule has 1 rings (SSSR count). The molecule has 1 amide bonds. The van der Waals surface area contributed by atoms with Crippen LogP contribution in [0.15, 0.2) is 18.2 Å². The second-order valence-corrected chi connectivity index (χ2v) is 4.59. The fraction of sp³-hybridized carbons (Fsp3) is 0.429. The summed E-state index contributed by atoms with van der Waals surface area (Å²) in [6, 6.07) is 2.87. The minimum absolute atomic E-state index is 0.0261. The first kappa shape index (κ1) is 16.1. The zero-order chi connectivity index (χ0) is 15.3. The molecule has 0 aliphatic carbocycles. The van der Waals surface area contributed by atoms with Crippen molar-refractivity contribution >= 4 is 17.6 Å². The van der Waals surface area contributed by atoms with Crippen LogP contribution >= 0.6 is 0 Å². The van der Waals surface area contributed by atoms with Gasteiger partial charge in [0, 0.05) is 0 Å². The van der Waals surface area contributed by atoms with Gasteiger partial charge in [-0.15, -0.1) is 0 Å². The Kier molecular flexibility index (Phi) is 5.64. The lowest BCUT2D eigenvalue weighted by atomic mass is 9.99. The molecule has 0 heterocycles. The van der Waals surface area contributed by atoms with Gasteiger partial charge in [-0.05, 0) is 24.1 Å². The molecule has 0 aliphatic rings. The number of methoxy groups -OCH3 is 1. The summed E-state index contributed by atoms with van der Waals surface area (Å²) in [6.07, 6.45) is 0.735. The van der Waals surface area contributed by atoms with Gasteiger partial charge >= 0.3 is 5.97 Å². The molecule has 3 N–H and O–H groups in total. The molecule has 0 unspecified atom stereocenters. The van der Waals surface area contributed by atoms with E-state index < -0.39 is 23.7 Å². The molecule has 1 aromatic rings. The number of nitrogens with one attached hydrogen (secondary N) is 1. The average molecular weight is 282 g/mol. The highest BCUT2D eigenvalue weighted by Crippen LogP contribution is 2.18. The molecule has 0 aliphatic heterocycles. The van der Waals surface area contributed by atoms with Crippen molar-refractivity contribution in [3.05, 3.63) is 29.6 Å². The van der Waals surface area contributed by atoms with Crippen LogP contribution in [0.25, 0.3) is 0 Å². The summed E-state index contributed by atoms with van der Waals surface area (Å²) in [5.74, 6) is -1.75. The third-order valence-corrected chi connectivity index (χ3v) is 3.21. The molecule has 0 saturated carbocycles. The van der Waals surface area contributed by atoms with E-state index in [2.05, 4.69) is 10.1 Å². The van der Waals surface area contributed by atoms with Gasteiger partial charge in [0.15, 0.2) is 0 Å². The number of carbonyl (C=O) groups is 2. The number of halogens is 1. The molecule has 0 spiro atoms. The molecule has 0 aromatic heterocycles. The van der Waals surface area contributed by atoms with Crippen LogP contribution in [0.4, 0.5) is 10.1 Å². The molecule has 5 nitrogen and oxygen atoms in total. The van der Waals surface area contributed by atoms with Gasteiger partial charge in [0.2, 0.25) is 5.91 Å². The van der Waals surface area contributed by atoms with Gasteiger partial charge in [0.25, 0.3) is 0 Å². The van der Waals surface area contributed by atoms with Crippen LogP contribution in [0.5, 0.6) is 0 Å². The number of hydrogen-bond acceptors (Lipinski definition) is 4. The highest BCUT2D eigenvalue weighted by Gasteiger charge is 2.21. The van der Waals surface area contributed by atoms with Gasteiger partial charge in [0.1, 0.15) is 5.82 Å². The SMILES string of the molecule is CC[C@H](C)[C@H](N)C(=O)Nc1cc(C(=O)OC)ccc1F. The van der Waals surface area contributed by atoms with Crippen LogP contribution in [0.1, 0.15) is 30.6 Å². The number of ether oxygens (including phenoxy) is 1. The first-order valence-corrected chi connectivity index (χ1v) is 6.35. The number of benzene rings is 1. The number of amides is 1. The summed E-state index contributed by atoms with van der Waals surface area (Å²) in [7, 11) is 1.22. The molecular formula is C14H19FN2O3. The Morgan fingerprint density at radius 1 is 1.45 bits per heavy atom. The summed E-state index contributed by atoms with van der Waals surface area (Å²) in [4.78, 5) is 23.3. The largest absolute Gasteiger partial charge is 0.465 e. The summed E-state index contributed by atoms with van der Waals surface area (Å²) >= 11 is 0. The fourth-order valence-electron chi connectivity index (χ4n) is 1.59. The van der Waals surface area contributed by atoms with E-state index in [9.17, 15) is 14.0 Å². The maximum Gasteiger partial charge on any atom is 0.337 e. The van der Waals surface area contributed by atoms with E-state index in [0.29, 0.717) is 0 Å². The monoisotopic (exact) mass is 282 g/mol. The van der Waals surface area contributed by atoms with E-state index in [4.69, 9.17) is 5.73 Å². The predicted octanol–water partition coefficient (Wildman–Crippen LogP) is 1.92. The Morgan fingerprint density at radius 3 is 2.65 bits per heavy atom. The van der Waals surface area contributed by atoms with Crippen molar-refractivity contribution in [1.29, 1.82) is 0 Å².